The fraction of sp³-hybridized carbons (Fsp3) is 0.529. The van der Waals surface area contributed by atoms with Gasteiger partial charge in [0.2, 0.25) is 0 Å². The molecule has 0 aliphatic carbocycles. The first kappa shape index (κ1) is 14.7. The molecule has 6 heteroatoms. The maximum atomic E-state index is 6.05. The summed E-state index contributed by atoms with van der Waals surface area (Å²) >= 11 is 0. The van der Waals surface area contributed by atoms with Gasteiger partial charge in [0.15, 0.2) is 0 Å². The van der Waals surface area contributed by atoms with Crippen LogP contribution in [0.5, 0.6) is 6.01 Å². The predicted molar refractivity (Wildman–Crippen MR) is 83.1 cm³/mol. The number of aromatic nitrogens is 2. The van der Waals surface area contributed by atoms with Crippen molar-refractivity contribution in [2.75, 3.05) is 19.7 Å². The third-order valence-electron chi connectivity index (χ3n) is 4.46. The Hall–Kier alpha value is -1.92. The highest BCUT2D eigenvalue weighted by atomic mass is 16.5. The largest absolute Gasteiger partial charge is 0.465 e. The Kier molecular flexibility index (Phi) is 3.79. The van der Waals surface area contributed by atoms with E-state index in [2.05, 4.69) is 14.9 Å². The Balaban J connectivity index is 1.32. The van der Waals surface area contributed by atoms with E-state index in [9.17, 15) is 0 Å². The Labute approximate surface area is 135 Å². The third-order valence-corrected chi connectivity index (χ3v) is 4.46. The van der Waals surface area contributed by atoms with Gasteiger partial charge in [-0.15, -0.1) is 0 Å². The molecule has 2 aromatic rings. The Morgan fingerprint density at radius 3 is 2.87 bits per heavy atom. The van der Waals surface area contributed by atoms with Crippen LogP contribution in [0.1, 0.15) is 24.4 Å². The summed E-state index contributed by atoms with van der Waals surface area (Å²) in [4.78, 5) is 10.6. The lowest BCUT2D eigenvalue weighted by Crippen LogP contribution is -2.65. The molecule has 0 saturated carbocycles. The van der Waals surface area contributed by atoms with E-state index in [1.165, 1.54) is 0 Å². The van der Waals surface area contributed by atoms with Gasteiger partial charge >= 0.3 is 6.01 Å². The second kappa shape index (κ2) is 5.94. The van der Waals surface area contributed by atoms with Gasteiger partial charge in [-0.1, -0.05) is 0 Å². The van der Waals surface area contributed by atoms with Crippen LogP contribution in [0.25, 0.3) is 0 Å². The molecule has 122 valence electrons. The fourth-order valence-corrected chi connectivity index (χ4v) is 3.47. The second-order valence-corrected chi connectivity index (χ2v) is 6.45. The van der Waals surface area contributed by atoms with Crippen molar-refractivity contribution >= 4 is 0 Å². The molecule has 0 amide bonds. The van der Waals surface area contributed by atoms with Crippen LogP contribution in [0.2, 0.25) is 0 Å². The maximum absolute atomic E-state index is 6.05. The minimum Gasteiger partial charge on any atom is -0.465 e. The van der Waals surface area contributed by atoms with Crippen LogP contribution in [0.15, 0.2) is 35.0 Å². The summed E-state index contributed by atoms with van der Waals surface area (Å²) in [6.07, 6.45) is 5.30. The summed E-state index contributed by atoms with van der Waals surface area (Å²) in [5, 5.41) is 0. The Bertz CT molecular complexity index is 652. The molecule has 2 aromatic heterocycles. The van der Waals surface area contributed by atoms with Crippen LogP contribution in [-0.2, 0) is 11.3 Å². The smallest absolute Gasteiger partial charge is 0.316 e. The number of aryl methyl sites for hydroxylation is 1. The molecular weight excluding hydrogens is 294 g/mol. The monoisotopic (exact) mass is 315 g/mol. The van der Waals surface area contributed by atoms with Crippen LogP contribution in [0.3, 0.4) is 0 Å². The molecule has 2 saturated heterocycles. The van der Waals surface area contributed by atoms with E-state index in [4.69, 9.17) is 13.9 Å². The summed E-state index contributed by atoms with van der Waals surface area (Å²) in [7, 11) is 0. The number of hydrogen-bond acceptors (Lipinski definition) is 6. The molecule has 0 radical (unpaired) electrons. The molecular formula is C17H21N3O3. The predicted octanol–water partition coefficient (Wildman–Crippen LogP) is 2.19. The van der Waals surface area contributed by atoms with E-state index in [0.717, 1.165) is 50.6 Å². The van der Waals surface area contributed by atoms with E-state index in [1.807, 2.05) is 19.1 Å². The average molecular weight is 315 g/mol. The van der Waals surface area contributed by atoms with Crippen molar-refractivity contribution in [2.45, 2.75) is 38.0 Å². The second-order valence-electron chi connectivity index (χ2n) is 6.45. The van der Waals surface area contributed by atoms with E-state index < -0.39 is 0 Å². The minimum absolute atomic E-state index is 0.0840. The average Bonchev–Trinajstić information content (AvgIpc) is 2.92. The molecule has 1 spiro atoms. The number of ether oxygens (including phenoxy) is 2. The molecule has 2 aliphatic heterocycles. The SMILES string of the molecule is Cc1ccc(CN2CC3(C[C@H](Oc4ncccn4)CCO3)C2)o1. The summed E-state index contributed by atoms with van der Waals surface area (Å²) in [5.74, 6) is 1.97. The van der Waals surface area contributed by atoms with Crippen LogP contribution in [0, 0.1) is 6.92 Å². The molecule has 0 unspecified atom stereocenters. The Morgan fingerprint density at radius 2 is 2.13 bits per heavy atom. The van der Waals surface area contributed by atoms with Gasteiger partial charge in [-0.05, 0) is 25.1 Å². The van der Waals surface area contributed by atoms with E-state index in [1.54, 1.807) is 18.5 Å². The van der Waals surface area contributed by atoms with E-state index >= 15 is 0 Å². The van der Waals surface area contributed by atoms with Gasteiger partial charge < -0.3 is 13.9 Å². The van der Waals surface area contributed by atoms with Crippen molar-refractivity contribution < 1.29 is 13.9 Å². The first-order chi connectivity index (χ1) is 11.2. The van der Waals surface area contributed by atoms with Gasteiger partial charge in [0, 0.05) is 38.3 Å². The van der Waals surface area contributed by atoms with Gasteiger partial charge in [0.25, 0.3) is 0 Å². The lowest BCUT2D eigenvalue weighted by Gasteiger charge is -2.52. The molecule has 6 nitrogen and oxygen atoms in total. The van der Waals surface area contributed by atoms with Gasteiger partial charge in [0.05, 0.1) is 18.8 Å². The van der Waals surface area contributed by atoms with Crippen LogP contribution >= 0.6 is 0 Å². The number of likely N-dealkylation sites (tertiary alicyclic amines) is 1. The standard InChI is InChI=1S/C17H21N3O3/c1-13-3-4-15(22-13)10-20-11-17(12-20)9-14(5-8-21-17)23-16-18-6-2-7-19-16/h2-4,6-7,14H,5,8-12H2,1H3/t14-/m1/s1. The lowest BCUT2D eigenvalue weighted by molar-refractivity contribution is -0.189. The summed E-state index contributed by atoms with van der Waals surface area (Å²) in [6.45, 7) is 5.38. The highest BCUT2D eigenvalue weighted by molar-refractivity contribution is 5.09. The maximum Gasteiger partial charge on any atom is 0.316 e. The summed E-state index contributed by atoms with van der Waals surface area (Å²) in [5.41, 5.74) is -0.0840. The van der Waals surface area contributed by atoms with Crippen LogP contribution in [-0.4, -0.2) is 46.3 Å². The molecule has 0 bridgehead atoms. The highest BCUT2D eigenvalue weighted by Gasteiger charge is 2.48. The number of nitrogens with zero attached hydrogens (tertiary/aromatic N) is 3. The van der Waals surface area contributed by atoms with Gasteiger partial charge in [-0.3, -0.25) is 4.90 Å². The van der Waals surface area contributed by atoms with Crippen molar-refractivity contribution in [3.63, 3.8) is 0 Å². The topological polar surface area (TPSA) is 60.6 Å². The number of furan rings is 1. The molecule has 0 aromatic carbocycles. The molecule has 23 heavy (non-hydrogen) atoms. The van der Waals surface area contributed by atoms with Crippen molar-refractivity contribution in [2.24, 2.45) is 0 Å². The van der Waals surface area contributed by atoms with Crippen molar-refractivity contribution in [3.8, 4) is 6.01 Å². The van der Waals surface area contributed by atoms with Crippen LogP contribution < -0.4 is 4.74 Å². The molecule has 2 fully saturated rings. The lowest BCUT2D eigenvalue weighted by atomic mass is 9.84. The molecule has 0 N–H and O–H groups in total. The van der Waals surface area contributed by atoms with E-state index in [-0.39, 0.29) is 11.7 Å². The summed E-state index contributed by atoms with van der Waals surface area (Å²) < 4.78 is 17.6. The fourth-order valence-electron chi connectivity index (χ4n) is 3.47. The van der Waals surface area contributed by atoms with Gasteiger partial charge in [-0.2, -0.15) is 0 Å². The van der Waals surface area contributed by atoms with Crippen molar-refractivity contribution in [1.29, 1.82) is 0 Å². The minimum atomic E-state index is -0.0840. The third kappa shape index (κ3) is 3.23. The first-order valence-electron chi connectivity index (χ1n) is 8.06. The molecule has 4 heterocycles. The number of hydrogen-bond donors (Lipinski definition) is 0. The van der Waals surface area contributed by atoms with E-state index in [0.29, 0.717) is 6.01 Å². The zero-order chi connectivity index (χ0) is 15.7. The zero-order valence-corrected chi connectivity index (χ0v) is 13.3. The van der Waals surface area contributed by atoms with Crippen molar-refractivity contribution in [1.82, 2.24) is 14.9 Å². The highest BCUT2D eigenvalue weighted by Crippen LogP contribution is 2.36. The quantitative estimate of drug-likeness (QED) is 0.862. The summed E-state index contributed by atoms with van der Waals surface area (Å²) in [6, 6.07) is 6.29. The molecule has 1 atom stereocenters. The molecule has 4 rings (SSSR count). The first-order valence-corrected chi connectivity index (χ1v) is 8.06. The number of rotatable bonds is 4. The Morgan fingerprint density at radius 1 is 1.30 bits per heavy atom. The van der Waals surface area contributed by atoms with Gasteiger partial charge in [-0.25, -0.2) is 9.97 Å². The zero-order valence-electron chi connectivity index (χ0n) is 13.3. The van der Waals surface area contributed by atoms with Gasteiger partial charge in [0.1, 0.15) is 17.6 Å². The van der Waals surface area contributed by atoms with Crippen molar-refractivity contribution in [3.05, 3.63) is 42.1 Å². The van der Waals surface area contributed by atoms with Crippen LogP contribution in [0.4, 0.5) is 0 Å². The normalized spacial score (nSPS) is 23.6. The molecule has 2 aliphatic rings.